The molecule has 148 valence electrons. The van der Waals surface area contributed by atoms with Crippen LogP contribution in [0.4, 0.5) is 5.82 Å². The smallest absolute Gasteiger partial charge is 0.274 e. The van der Waals surface area contributed by atoms with Crippen molar-refractivity contribution in [2.24, 2.45) is 0 Å². The first-order valence-electron chi connectivity index (χ1n) is 9.26. The minimum Gasteiger partial charge on any atom is -0.335 e. The summed E-state index contributed by atoms with van der Waals surface area (Å²) in [7, 11) is -3.56. The lowest BCUT2D eigenvalue weighted by Crippen LogP contribution is -2.50. The van der Waals surface area contributed by atoms with Crippen LogP contribution in [0.1, 0.15) is 12.0 Å². The zero-order valence-electron chi connectivity index (χ0n) is 15.6. The highest BCUT2D eigenvalue weighted by atomic mass is 32.2. The van der Waals surface area contributed by atoms with Crippen LogP contribution in [0.2, 0.25) is 0 Å². The summed E-state index contributed by atoms with van der Waals surface area (Å²) < 4.78 is 26.5. The van der Waals surface area contributed by atoms with Gasteiger partial charge in [0, 0.05) is 24.4 Å². The monoisotopic (exact) mass is 401 g/mol. The number of hydrogen-bond donors (Lipinski definition) is 1. The molecule has 1 amide bonds. The highest BCUT2D eigenvalue weighted by Crippen LogP contribution is 2.10. The zero-order valence-corrected chi connectivity index (χ0v) is 16.4. The van der Waals surface area contributed by atoms with Gasteiger partial charge in [0.2, 0.25) is 15.9 Å². The Bertz CT molecular complexity index is 894. The molecule has 3 rings (SSSR count). The van der Waals surface area contributed by atoms with Gasteiger partial charge in [-0.25, -0.2) is 18.1 Å². The molecule has 28 heavy (non-hydrogen) atoms. The summed E-state index contributed by atoms with van der Waals surface area (Å²) in [5.74, 6) is 0.999. The van der Waals surface area contributed by atoms with Crippen molar-refractivity contribution in [3.8, 4) is 0 Å². The Kier molecular flexibility index (Phi) is 6.78. The number of amides is 1. The fraction of sp³-hybridized carbons (Fsp3) is 0.300. The van der Waals surface area contributed by atoms with Crippen molar-refractivity contribution in [1.82, 2.24) is 9.62 Å². The molecule has 1 aliphatic heterocycles. The van der Waals surface area contributed by atoms with Gasteiger partial charge in [-0.05, 0) is 17.7 Å². The molecule has 0 bridgehead atoms. The normalized spacial score (nSPS) is 15.1. The molecule has 1 saturated heterocycles. The molecular formula is C20H25N4O3S+. The molecule has 1 aromatic carbocycles. The van der Waals surface area contributed by atoms with E-state index >= 15 is 0 Å². The van der Waals surface area contributed by atoms with Crippen molar-refractivity contribution in [2.45, 2.75) is 6.42 Å². The van der Waals surface area contributed by atoms with E-state index in [1.807, 2.05) is 54.7 Å². The van der Waals surface area contributed by atoms with Gasteiger partial charge in [0.05, 0.1) is 19.3 Å². The molecule has 2 aromatic rings. The molecule has 0 spiro atoms. The molecule has 1 aromatic heterocycles. The van der Waals surface area contributed by atoms with Crippen molar-refractivity contribution in [2.75, 3.05) is 37.6 Å². The summed E-state index contributed by atoms with van der Waals surface area (Å²) in [5.41, 5.74) is 0.803. The van der Waals surface area contributed by atoms with Crippen molar-refractivity contribution in [3.63, 3.8) is 0 Å². The maximum Gasteiger partial charge on any atom is 0.274 e. The van der Waals surface area contributed by atoms with E-state index in [1.165, 1.54) is 6.08 Å². The van der Waals surface area contributed by atoms with Crippen molar-refractivity contribution in [1.29, 1.82) is 0 Å². The van der Waals surface area contributed by atoms with Crippen LogP contribution in [0, 0.1) is 0 Å². The Labute approximate surface area is 165 Å². The van der Waals surface area contributed by atoms with Gasteiger partial charge in [0.1, 0.15) is 13.1 Å². The van der Waals surface area contributed by atoms with Gasteiger partial charge in [-0.2, -0.15) is 0 Å². The van der Waals surface area contributed by atoms with Crippen molar-refractivity contribution in [3.05, 3.63) is 65.7 Å². The Morgan fingerprint density at radius 2 is 1.75 bits per heavy atom. The van der Waals surface area contributed by atoms with E-state index < -0.39 is 10.0 Å². The molecule has 0 aliphatic carbocycles. The van der Waals surface area contributed by atoms with Crippen LogP contribution in [0.15, 0.2) is 60.1 Å². The van der Waals surface area contributed by atoms with Crippen LogP contribution >= 0.6 is 0 Å². The maximum absolute atomic E-state index is 12.4. The average molecular weight is 402 g/mol. The molecule has 0 atom stereocenters. The summed E-state index contributed by atoms with van der Waals surface area (Å²) in [5, 5.41) is 1.13. The molecular weight excluding hydrogens is 376 g/mol. The zero-order chi connectivity index (χ0) is 19.8. The van der Waals surface area contributed by atoms with Gasteiger partial charge in [-0.3, -0.25) is 9.69 Å². The summed E-state index contributed by atoms with van der Waals surface area (Å²) in [4.78, 5) is 19.5. The highest BCUT2D eigenvalue weighted by molar-refractivity contribution is 7.92. The van der Waals surface area contributed by atoms with Crippen molar-refractivity contribution >= 4 is 27.8 Å². The van der Waals surface area contributed by atoms with Crippen LogP contribution in [-0.4, -0.2) is 51.9 Å². The minimum absolute atomic E-state index is 0.0357. The number of piperazine rings is 1. The van der Waals surface area contributed by atoms with Crippen LogP contribution in [0.3, 0.4) is 0 Å². The quantitative estimate of drug-likeness (QED) is 0.754. The number of carbonyl (C=O) groups is 1. The average Bonchev–Trinajstić information content (AvgIpc) is 2.74. The van der Waals surface area contributed by atoms with Gasteiger partial charge in [0.15, 0.2) is 0 Å². The largest absolute Gasteiger partial charge is 0.335 e. The lowest BCUT2D eigenvalue weighted by molar-refractivity contribution is -0.364. The van der Waals surface area contributed by atoms with Gasteiger partial charge in [0.25, 0.3) is 5.82 Å². The third kappa shape index (κ3) is 5.90. The van der Waals surface area contributed by atoms with Crippen LogP contribution < -0.4 is 14.6 Å². The molecule has 2 N–H and O–H groups in total. The summed E-state index contributed by atoms with van der Waals surface area (Å²) in [6, 6.07) is 15.1. The van der Waals surface area contributed by atoms with E-state index in [9.17, 15) is 13.2 Å². The lowest BCUT2D eigenvalue weighted by atomic mass is 10.2. The maximum atomic E-state index is 12.4. The highest BCUT2D eigenvalue weighted by Gasteiger charge is 2.25. The Morgan fingerprint density at radius 3 is 2.43 bits per heavy atom. The van der Waals surface area contributed by atoms with Crippen LogP contribution in [-0.2, 0) is 14.8 Å². The number of anilines is 1. The number of H-pyrrole nitrogens is 1. The molecule has 0 radical (unpaired) electrons. The standard InChI is InChI=1S/C20H24N4O3S/c25-20(24-15-13-23(14-16-24)19-8-4-5-11-21-19)9-12-22-28(26,27)17-10-18-6-2-1-3-7-18/h1-8,10-11,17,22H,9,12-16H2/p+1/b17-10+. The second kappa shape index (κ2) is 9.48. The predicted molar refractivity (Wildman–Crippen MR) is 109 cm³/mol. The number of benzene rings is 1. The first-order valence-corrected chi connectivity index (χ1v) is 10.8. The molecule has 1 aliphatic rings. The van der Waals surface area contributed by atoms with E-state index in [0.717, 1.165) is 29.9 Å². The number of nitrogens with one attached hydrogen (secondary N) is 2. The van der Waals surface area contributed by atoms with Crippen LogP contribution in [0.25, 0.3) is 6.08 Å². The number of sulfonamides is 1. The first-order chi connectivity index (χ1) is 13.5. The van der Waals surface area contributed by atoms with E-state index in [1.54, 1.807) is 4.90 Å². The molecule has 2 heterocycles. The number of rotatable bonds is 7. The summed E-state index contributed by atoms with van der Waals surface area (Å²) >= 11 is 0. The molecule has 0 unspecified atom stereocenters. The van der Waals surface area contributed by atoms with Gasteiger partial charge >= 0.3 is 0 Å². The van der Waals surface area contributed by atoms with E-state index in [4.69, 9.17) is 0 Å². The number of nitrogens with zero attached hydrogens (tertiary/aromatic N) is 2. The predicted octanol–water partition coefficient (Wildman–Crippen LogP) is 1.13. The summed E-state index contributed by atoms with van der Waals surface area (Å²) in [6.45, 7) is 2.84. The number of pyridine rings is 1. The van der Waals surface area contributed by atoms with Gasteiger partial charge in [-0.15, -0.1) is 0 Å². The fourth-order valence-corrected chi connectivity index (χ4v) is 3.84. The second-order valence-corrected chi connectivity index (χ2v) is 8.17. The number of hydrogen-bond acceptors (Lipinski definition) is 4. The van der Waals surface area contributed by atoms with Gasteiger partial charge < -0.3 is 4.90 Å². The lowest BCUT2D eigenvalue weighted by Gasteiger charge is -2.31. The third-order valence-electron chi connectivity index (χ3n) is 4.55. The fourth-order valence-electron chi connectivity index (χ4n) is 3.02. The minimum atomic E-state index is -3.56. The molecule has 0 saturated carbocycles. The number of aromatic amines is 1. The topological polar surface area (TPSA) is 83.9 Å². The first kappa shape index (κ1) is 20.0. The number of carbonyl (C=O) groups excluding carboxylic acids is 1. The molecule has 8 heteroatoms. The summed E-state index contributed by atoms with van der Waals surface area (Å²) in [6.07, 6.45) is 3.56. The van der Waals surface area contributed by atoms with Crippen molar-refractivity contribution < 1.29 is 18.2 Å². The Morgan fingerprint density at radius 1 is 1.04 bits per heavy atom. The van der Waals surface area contributed by atoms with Crippen LogP contribution in [0.5, 0.6) is 0 Å². The van der Waals surface area contributed by atoms with E-state index in [-0.39, 0.29) is 18.9 Å². The molecule has 7 nitrogen and oxygen atoms in total. The SMILES string of the molecule is O=C(CCNS(=O)(=O)/C=C/c1ccccc1)N1CCN(c2cccc[nH+]2)CC1. The third-order valence-corrected chi connectivity index (χ3v) is 5.65. The van der Waals surface area contributed by atoms with E-state index in [0.29, 0.717) is 13.1 Å². The van der Waals surface area contributed by atoms with Gasteiger partial charge in [-0.1, -0.05) is 36.4 Å². The Balaban J connectivity index is 1.41. The Hall–Kier alpha value is -2.71. The molecule has 1 fully saturated rings. The second-order valence-electron chi connectivity index (χ2n) is 6.52. The van der Waals surface area contributed by atoms with E-state index in [2.05, 4.69) is 14.6 Å². The number of aromatic nitrogens is 1.